The van der Waals surface area contributed by atoms with Gasteiger partial charge in [0.05, 0.1) is 24.3 Å². The van der Waals surface area contributed by atoms with Gasteiger partial charge in [0, 0.05) is 25.3 Å². The molecule has 190 valence electrons. The fraction of sp³-hybridized carbons (Fsp3) is 0.480. The molecule has 4 atom stereocenters. The third kappa shape index (κ3) is 5.66. The standard InChI is InChI=1S/C25H31F4N5O/c1-24(18-7-9-19(10-8-18)25(27,28)29)11-2-12-34(24)23-21(26)22(32-15-33-23)31-14-17-5-3-16(4-6-17)13-20(30)35/h3-10,21-23,31-33H,2,11-15H2,1H3,(H2,30,35). The molecule has 2 aliphatic heterocycles. The average Bonchev–Trinajstić information content (AvgIpc) is 3.21. The first-order chi connectivity index (χ1) is 16.6. The highest BCUT2D eigenvalue weighted by Gasteiger charge is 2.47. The van der Waals surface area contributed by atoms with Crippen molar-refractivity contribution in [2.24, 2.45) is 5.73 Å². The molecule has 2 aromatic carbocycles. The number of carbonyl (C=O) groups excluding carboxylic acids is 1. The maximum atomic E-state index is 15.7. The van der Waals surface area contributed by atoms with E-state index in [9.17, 15) is 18.0 Å². The van der Waals surface area contributed by atoms with Gasteiger partial charge < -0.3 is 5.73 Å². The smallest absolute Gasteiger partial charge is 0.369 e. The summed E-state index contributed by atoms with van der Waals surface area (Å²) in [4.78, 5) is 13.1. The van der Waals surface area contributed by atoms with Crippen LogP contribution in [0.1, 0.15) is 42.0 Å². The van der Waals surface area contributed by atoms with Crippen LogP contribution >= 0.6 is 0 Å². The summed E-state index contributed by atoms with van der Waals surface area (Å²) in [5, 5.41) is 9.54. The molecule has 2 aliphatic rings. The van der Waals surface area contributed by atoms with Crippen LogP contribution in [-0.2, 0) is 29.5 Å². The Morgan fingerprint density at radius 1 is 1.11 bits per heavy atom. The summed E-state index contributed by atoms with van der Waals surface area (Å²) in [5.74, 6) is -0.397. The van der Waals surface area contributed by atoms with Gasteiger partial charge in [-0.15, -0.1) is 0 Å². The highest BCUT2D eigenvalue weighted by molar-refractivity contribution is 5.76. The van der Waals surface area contributed by atoms with Crippen LogP contribution < -0.4 is 21.7 Å². The fourth-order valence-electron chi connectivity index (χ4n) is 5.11. The number of alkyl halides is 4. The van der Waals surface area contributed by atoms with E-state index in [-0.39, 0.29) is 6.42 Å². The predicted molar refractivity (Wildman–Crippen MR) is 125 cm³/mol. The minimum Gasteiger partial charge on any atom is -0.369 e. The average molecular weight is 494 g/mol. The van der Waals surface area contributed by atoms with Crippen molar-refractivity contribution in [3.05, 3.63) is 70.8 Å². The van der Waals surface area contributed by atoms with E-state index in [0.717, 1.165) is 41.7 Å². The molecular formula is C25H31F4N5O. The number of carbonyl (C=O) groups is 1. The molecule has 6 nitrogen and oxygen atoms in total. The van der Waals surface area contributed by atoms with Gasteiger partial charge in [-0.05, 0) is 48.6 Å². The summed E-state index contributed by atoms with van der Waals surface area (Å²) in [5.41, 5.74) is 6.46. The van der Waals surface area contributed by atoms with E-state index in [2.05, 4.69) is 16.0 Å². The second kappa shape index (κ2) is 10.2. The van der Waals surface area contributed by atoms with Gasteiger partial charge in [-0.3, -0.25) is 25.6 Å². The van der Waals surface area contributed by atoms with Gasteiger partial charge in [-0.1, -0.05) is 36.4 Å². The lowest BCUT2D eigenvalue weighted by Gasteiger charge is -2.46. The molecule has 4 rings (SSSR count). The number of nitrogens with one attached hydrogen (secondary N) is 3. The van der Waals surface area contributed by atoms with Crippen molar-refractivity contribution in [2.75, 3.05) is 13.2 Å². The molecule has 10 heteroatoms. The van der Waals surface area contributed by atoms with Gasteiger partial charge in [0.25, 0.3) is 0 Å². The summed E-state index contributed by atoms with van der Waals surface area (Å²) < 4.78 is 54.8. The molecule has 5 N–H and O–H groups in total. The van der Waals surface area contributed by atoms with Crippen molar-refractivity contribution in [2.45, 2.75) is 62.9 Å². The summed E-state index contributed by atoms with van der Waals surface area (Å²) in [6, 6.07) is 12.6. The molecular weight excluding hydrogens is 462 g/mol. The number of halogens is 4. The highest BCUT2D eigenvalue weighted by atomic mass is 19.4. The van der Waals surface area contributed by atoms with Crippen LogP contribution in [0.2, 0.25) is 0 Å². The van der Waals surface area contributed by atoms with Gasteiger partial charge in [0.1, 0.15) is 0 Å². The SMILES string of the molecule is CC1(c2ccc(C(F)(F)F)cc2)CCCN1C1NCNC(NCc2ccc(CC(N)=O)cc2)C1F. The molecule has 2 heterocycles. The van der Waals surface area contributed by atoms with Crippen LogP contribution in [0.25, 0.3) is 0 Å². The van der Waals surface area contributed by atoms with E-state index in [0.29, 0.717) is 19.8 Å². The van der Waals surface area contributed by atoms with Crippen molar-refractivity contribution in [1.29, 1.82) is 0 Å². The zero-order valence-electron chi connectivity index (χ0n) is 19.5. The number of rotatable bonds is 7. The lowest BCUT2D eigenvalue weighted by Crippen LogP contribution is -2.69. The number of hydrogen-bond acceptors (Lipinski definition) is 5. The van der Waals surface area contributed by atoms with Gasteiger partial charge in [0.2, 0.25) is 5.91 Å². The van der Waals surface area contributed by atoms with E-state index in [4.69, 9.17) is 5.73 Å². The molecule has 0 radical (unpaired) electrons. The Morgan fingerprint density at radius 2 is 1.77 bits per heavy atom. The molecule has 1 amide bonds. The largest absolute Gasteiger partial charge is 0.416 e. The Balaban J connectivity index is 1.43. The lowest BCUT2D eigenvalue weighted by molar-refractivity contribution is -0.137. The molecule has 2 aromatic rings. The van der Waals surface area contributed by atoms with E-state index >= 15 is 4.39 Å². The van der Waals surface area contributed by atoms with E-state index in [1.807, 2.05) is 36.1 Å². The third-order valence-corrected chi connectivity index (χ3v) is 7.05. The van der Waals surface area contributed by atoms with E-state index in [1.165, 1.54) is 12.1 Å². The van der Waals surface area contributed by atoms with Crippen LogP contribution in [0.5, 0.6) is 0 Å². The normalized spacial score (nSPS) is 27.7. The predicted octanol–water partition coefficient (Wildman–Crippen LogP) is 2.97. The maximum Gasteiger partial charge on any atom is 0.416 e. The Bertz CT molecular complexity index is 1010. The number of benzene rings is 2. The summed E-state index contributed by atoms with van der Waals surface area (Å²) in [6.45, 7) is 3.43. The van der Waals surface area contributed by atoms with Gasteiger partial charge >= 0.3 is 6.18 Å². The Labute approximate surface area is 202 Å². The molecule has 0 aliphatic carbocycles. The third-order valence-electron chi connectivity index (χ3n) is 7.05. The van der Waals surface area contributed by atoms with Gasteiger partial charge in [-0.2, -0.15) is 13.2 Å². The summed E-state index contributed by atoms with van der Waals surface area (Å²) in [6.07, 6.45) is -5.17. The number of likely N-dealkylation sites (tertiary alicyclic amines) is 1. The zero-order chi connectivity index (χ0) is 25.2. The fourth-order valence-corrected chi connectivity index (χ4v) is 5.11. The van der Waals surface area contributed by atoms with Crippen LogP contribution in [-0.4, -0.2) is 42.5 Å². The summed E-state index contributed by atoms with van der Waals surface area (Å²) >= 11 is 0. The van der Waals surface area contributed by atoms with Crippen molar-refractivity contribution in [3.8, 4) is 0 Å². The quantitative estimate of drug-likeness (QED) is 0.446. The van der Waals surface area contributed by atoms with Crippen molar-refractivity contribution in [3.63, 3.8) is 0 Å². The molecule has 4 unspecified atom stereocenters. The van der Waals surface area contributed by atoms with Crippen LogP contribution in [0, 0.1) is 0 Å². The molecule has 0 saturated carbocycles. The molecule has 35 heavy (non-hydrogen) atoms. The van der Waals surface area contributed by atoms with Crippen molar-refractivity contribution < 1.29 is 22.4 Å². The lowest BCUT2D eigenvalue weighted by atomic mass is 9.88. The number of nitrogens with two attached hydrogens (primary N) is 1. The molecule has 0 spiro atoms. The van der Waals surface area contributed by atoms with E-state index in [1.54, 1.807) is 0 Å². The summed E-state index contributed by atoms with van der Waals surface area (Å²) in [7, 11) is 0. The van der Waals surface area contributed by atoms with Crippen LogP contribution in [0.15, 0.2) is 48.5 Å². The highest BCUT2D eigenvalue weighted by Crippen LogP contribution is 2.41. The Morgan fingerprint density at radius 3 is 2.40 bits per heavy atom. The second-order valence-corrected chi connectivity index (χ2v) is 9.44. The van der Waals surface area contributed by atoms with Crippen LogP contribution in [0.3, 0.4) is 0 Å². The Hall–Kier alpha value is -2.53. The number of hydrogen-bond donors (Lipinski definition) is 4. The first-order valence-electron chi connectivity index (χ1n) is 11.7. The topological polar surface area (TPSA) is 82.4 Å². The first kappa shape index (κ1) is 25.6. The van der Waals surface area contributed by atoms with Crippen LogP contribution in [0.4, 0.5) is 17.6 Å². The second-order valence-electron chi connectivity index (χ2n) is 9.44. The van der Waals surface area contributed by atoms with Gasteiger partial charge in [0.15, 0.2) is 6.17 Å². The molecule has 0 aromatic heterocycles. The minimum atomic E-state index is -4.39. The van der Waals surface area contributed by atoms with Crippen molar-refractivity contribution in [1.82, 2.24) is 20.9 Å². The van der Waals surface area contributed by atoms with Gasteiger partial charge in [-0.25, -0.2) is 4.39 Å². The van der Waals surface area contributed by atoms with E-state index < -0.39 is 41.7 Å². The zero-order valence-corrected chi connectivity index (χ0v) is 19.5. The Kier molecular flexibility index (Phi) is 7.46. The molecule has 0 bridgehead atoms. The molecule has 2 saturated heterocycles. The molecule has 2 fully saturated rings. The monoisotopic (exact) mass is 493 g/mol. The maximum absolute atomic E-state index is 15.7. The number of primary amides is 1. The van der Waals surface area contributed by atoms with Crippen molar-refractivity contribution >= 4 is 5.91 Å². The minimum absolute atomic E-state index is 0.172. The number of nitrogens with zero attached hydrogens (tertiary/aromatic N) is 1. The number of amides is 1. The first-order valence-corrected chi connectivity index (χ1v) is 11.7.